The van der Waals surface area contributed by atoms with Gasteiger partial charge in [-0.25, -0.2) is 0 Å². The standard InChI is InChI=1S/C29H36O8/c1-15(30)36-26-18-11-17-19(29(5,24(18)33)21(27(26,2)3)13-22(31)34-6)7-9-28(4)20(17)12-23(32)37-25(28)16-8-10-35-14-16/h8,10,14,18-19,21,25-26H,7,9,11-13H2,1-6H3/t18-,19+,21-,25-,26-,28+,29-/m1/s1. The highest BCUT2D eigenvalue weighted by molar-refractivity contribution is 5.92. The first kappa shape index (κ1) is 25.7. The summed E-state index contributed by atoms with van der Waals surface area (Å²) in [5, 5.41) is 0. The van der Waals surface area contributed by atoms with Gasteiger partial charge >= 0.3 is 17.9 Å². The van der Waals surface area contributed by atoms with E-state index < -0.39 is 52.2 Å². The highest BCUT2D eigenvalue weighted by Gasteiger charge is 2.68. The Morgan fingerprint density at radius 1 is 1.16 bits per heavy atom. The number of allylic oxidation sites excluding steroid dienone is 1. The van der Waals surface area contributed by atoms with Gasteiger partial charge < -0.3 is 18.6 Å². The Balaban J connectivity index is 1.69. The van der Waals surface area contributed by atoms with Gasteiger partial charge in [-0.15, -0.1) is 0 Å². The molecule has 8 nitrogen and oxygen atoms in total. The second kappa shape index (κ2) is 8.57. The van der Waals surface area contributed by atoms with Crippen molar-refractivity contribution in [3.63, 3.8) is 0 Å². The molecule has 7 atom stereocenters. The number of carbonyl (C=O) groups excluding carboxylic acids is 4. The number of ketones is 1. The van der Waals surface area contributed by atoms with Crippen LogP contribution in [0, 0.1) is 34.0 Å². The van der Waals surface area contributed by atoms with E-state index in [0.29, 0.717) is 6.42 Å². The van der Waals surface area contributed by atoms with Crippen molar-refractivity contribution >= 4 is 23.7 Å². The van der Waals surface area contributed by atoms with E-state index in [2.05, 4.69) is 6.92 Å². The Morgan fingerprint density at radius 2 is 1.89 bits per heavy atom. The zero-order valence-electron chi connectivity index (χ0n) is 22.4. The van der Waals surface area contributed by atoms with Crippen LogP contribution in [0.5, 0.6) is 0 Å². The third-order valence-electron chi connectivity index (χ3n) is 10.1. The quantitative estimate of drug-likeness (QED) is 0.324. The molecule has 0 radical (unpaired) electrons. The minimum atomic E-state index is -0.868. The SMILES string of the molecule is COC(=O)C[C@@H]1C(C)(C)[C@H](OC(C)=O)[C@@H]2CC3=C4CC(=O)O[C@H](c5ccoc5)[C@@]4(C)CC[C@@H]3[C@@]1(C)C2=O. The van der Waals surface area contributed by atoms with E-state index in [-0.39, 0.29) is 30.5 Å². The summed E-state index contributed by atoms with van der Waals surface area (Å²) < 4.78 is 22.1. The number of rotatable bonds is 4. The molecule has 0 N–H and O–H groups in total. The van der Waals surface area contributed by atoms with Gasteiger partial charge in [0.1, 0.15) is 18.0 Å². The number of hydrogen-bond acceptors (Lipinski definition) is 8. The van der Waals surface area contributed by atoms with Crippen molar-refractivity contribution in [2.24, 2.45) is 34.0 Å². The number of ether oxygens (including phenoxy) is 3. The fourth-order valence-corrected chi connectivity index (χ4v) is 8.37. The zero-order valence-corrected chi connectivity index (χ0v) is 22.4. The van der Waals surface area contributed by atoms with Crippen LogP contribution in [0.2, 0.25) is 0 Å². The Labute approximate surface area is 217 Å². The molecule has 8 heteroatoms. The molecule has 1 aromatic rings. The van der Waals surface area contributed by atoms with Crippen LogP contribution in [0.25, 0.3) is 0 Å². The highest BCUT2D eigenvalue weighted by Crippen LogP contribution is 2.68. The van der Waals surface area contributed by atoms with Gasteiger partial charge in [0.2, 0.25) is 0 Å². The molecule has 0 amide bonds. The van der Waals surface area contributed by atoms with Crippen LogP contribution in [0.4, 0.5) is 0 Å². The first-order valence-corrected chi connectivity index (χ1v) is 13.1. The largest absolute Gasteiger partial charge is 0.472 e. The van der Waals surface area contributed by atoms with Crippen molar-refractivity contribution in [1.82, 2.24) is 0 Å². The maximum absolute atomic E-state index is 14.2. The predicted octanol–water partition coefficient (Wildman–Crippen LogP) is 4.73. The lowest BCUT2D eigenvalue weighted by Crippen LogP contribution is -2.66. The first-order valence-electron chi connectivity index (χ1n) is 13.1. The number of methoxy groups -OCH3 is 1. The fraction of sp³-hybridized carbons (Fsp3) is 0.655. The van der Waals surface area contributed by atoms with Gasteiger partial charge in [0.15, 0.2) is 0 Å². The summed E-state index contributed by atoms with van der Waals surface area (Å²) in [5.74, 6) is -2.20. The first-order chi connectivity index (χ1) is 17.4. The summed E-state index contributed by atoms with van der Waals surface area (Å²) in [6.45, 7) is 9.43. The second-order valence-corrected chi connectivity index (χ2v) is 12.3. The van der Waals surface area contributed by atoms with Crippen LogP contribution >= 0.6 is 0 Å². The molecule has 0 unspecified atom stereocenters. The van der Waals surface area contributed by atoms with Crippen molar-refractivity contribution in [3.05, 3.63) is 35.3 Å². The van der Waals surface area contributed by atoms with E-state index in [0.717, 1.165) is 29.6 Å². The Bertz CT molecular complexity index is 1180. The van der Waals surface area contributed by atoms with E-state index in [1.54, 1.807) is 12.5 Å². The molecule has 0 aromatic carbocycles. The summed E-state index contributed by atoms with van der Waals surface area (Å²) in [6, 6.07) is 1.83. The van der Waals surface area contributed by atoms with E-state index >= 15 is 0 Å². The number of fused-ring (bicyclic) bond motifs is 5. The zero-order chi connectivity index (χ0) is 26.9. The van der Waals surface area contributed by atoms with Crippen LogP contribution in [-0.4, -0.2) is 36.9 Å². The monoisotopic (exact) mass is 512 g/mol. The van der Waals surface area contributed by atoms with Gasteiger partial charge in [0.05, 0.1) is 32.0 Å². The summed E-state index contributed by atoms with van der Waals surface area (Å²) >= 11 is 0. The third kappa shape index (κ3) is 3.62. The maximum Gasteiger partial charge on any atom is 0.310 e. The molecule has 2 bridgehead atoms. The summed E-state index contributed by atoms with van der Waals surface area (Å²) in [7, 11) is 1.35. The maximum atomic E-state index is 14.2. The molecule has 4 aliphatic rings. The van der Waals surface area contributed by atoms with Crippen molar-refractivity contribution in [1.29, 1.82) is 0 Å². The number of esters is 3. The van der Waals surface area contributed by atoms with Gasteiger partial charge in [-0.1, -0.05) is 33.3 Å². The molecular weight excluding hydrogens is 476 g/mol. The molecular formula is C29H36O8. The molecule has 2 saturated carbocycles. The van der Waals surface area contributed by atoms with Crippen LogP contribution in [-0.2, 0) is 33.4 Å². The summed E-state index contributed by atoms with van der Waals surface area (Å²) in [5.41, 5.74) is 0.968. The van der Waals surface area contributed by atoms with Gasteiger partial charge in [-0.3, -0.25) is 19.2 Å². The predicted molar refractivity (Wildman–Crippen MR) is 131 cm³/mol. The smallest absolute Gasteiger partial charge is 0.310 e. The molecule has 1 aliphatic heterocycles. The molecule has 3 fully saturated rings. The summed E-state index contributed by atoms with van der Waals surface area (Å²) in [4.78, 5) is 52.0. The molecule has 5 rings (SSSR count). The van der Waals surface area contributed by atoms with Crippen molar-refractivity contribution < 1.29 is 37.8 Å². The molecule has 3 aliphatic carbocycles. The number of hydrogen-bond donors (Lipinski definition) is 0. The van der Waals surface area contributed by atoms with Gasteiger partial charge in [0.25, 0.3) is 0 Å². The average Bonchev–Trinajstić information content (AvgIpc) is 3.36. The number of furan rings is 1. The lowest BCUT2D eigenvalue weighted by Gasteiger charge is -2.63. The second-order valence-electron chi connectivity index (χ2n) is 12.3. The van der Waals surface area contributed by atoms with E-state index in [1.165, 1.54) is 14.0 Å². The highest BCUT2D eigenvalue weighted by atomic mass is 16.6. The van der Waals surface area contributed by atoms with Gasteiger partial charge in [-0.05, 0) is 42.7 Å². The van der Waals surface area contributed by atoms with E-state index in [1.807, 2.05) is 26.8 Å². The van der Waals surface area contributed by atoms with E-state index in [9.17, 15) is 19.2 Å². The summed E-state index contributed by atoms with van der Waals surface area (Å²) in [6.07, 6.45) is 4.12. The average molecular weight is 513 g/mol. The molecule has 0 spiro atoms. The van der Waals surface area contributed by atoms with Crippen LogP contribution in [0.1, 0.15) is 78.4 Å². The minimum absolute atomic E-state index is 0.0368. The molecule has 1 saturated heterocycles. The van der Waals surface area contributed by atoms with Crippen molar-refractivity contribution in [3.8, 4) is 0 Å². The molecule has 37 heavy (non-hydrogen) atoms. The molecule has 1 aromatic heterocycles. The Morgan fingerprint density at radius 3 is 2.51 bits per heavy atom. The van der Waals surface area contributed by atoms with Crippen LogP contribution < -0.4 is 0 Å². The van der Waals surface area contributed by atoms with Gasteiger partial charge in [0, 0.05) is 35.2 Å². The topological polar surface area (TPSA) is 109 Å². The van der Waals surface area contributed by atoms with Crippen molar-refractivity contribution in [2.45, 2.75) is 78.9 Å². The minimum Gasteiger partial charge on any atom is -0.472 e. The fourth-order valence-electron chi connectivity index (χ4n) is 8.37. The van der Waals surface area contributed by atoms with Gasteiger partial charge in [-0.2, -0.15) is 0 Å². The lowest BCUT2D eigenvalue weighted by molar-refractivity contribution is -0.197. The normalized spacial score (nSPS) is 38.3. The van der Waals surface area contributed by atoms with Crippen molar-refractivity contribution in [2.75, 3.05) is 7.11 Å². The van der Waals surface area contributed by atoms with E-state index in [4.69, 9.17) is 18.6 Å². The Kier molecular flexibility index (Phi) is 5.96. The van der Waals surface area contributed by atoms with Crippen LogP contribution in [0.3, 0.4) is 0 Å². The Hall–Kier alpha value is -2.90. The molecule has 200 valence electrons. The van der Waals surface area contributed by atoms with Crippen LogP contribution in [0.15, 0.2) is 34.2 Å². The number of carbonyl (C=O) groups is 4. The lowest BCUT2D eigenvalue weighted by atomic mass is 9.40. The number of cyclic esters (lactones) is 1. The third-order valence-corrected chi connectivity index (χ3v) is 10.1. The molecule has 2 heterocycles. The number of Topliss-reactive ketones (excluding diaryl/α,β-unsaturated/α-hetero) is 1.